The molecule has 0 aliphatic carbocycles. The van der Waals surface area contributed by atoms with Crippen molar-refractivity contribution < 1.29 is 4.79 Å². The highest BCUT2D eigenvalue weighted by Gasteiger charge is 2.28. The molecule has 1 aromatic rings. The van der Waals surface area contributed by atoms with Gasteiger partial charge in [-0.15, -0.1) is 0 Å². The third kappa shape index (κ3) is 4.85. The number of unbranched alkanes of at least 4 members (excludes halogenated alkanes) is 1. The number of nitrogens with two attached hydrogens (primary N) is 1. The molecule has 0 bridgehead atoms. The van der Waals surface area contributed by atoms with Crippen LogP contribution in [0.2, 0.25) is 0 Å². The van der Waals surface area contributed by atoms with Gasteiger partial charge in [0, 0.05) is 18.6 Å². The first-order chi connectivity index (χ1) is 10.0. The maximum absolute atomic E-state index is 12.8. The van der Waals surface area contributed by atoms with E-state index in [-0.39, 0.29) is 23.9 Å². The molecule has 0 saturated heterocycles. The SMILES string of the molecule is CCCCN(C(=O)C(C)C(N)c1ccccc1)C(C)CC. The number of carbonyl (C=O) groups excluding carboxylic acids is 1. The van der Waals surface area contributed by atoms with Crippen molar-refractivity contribution in [3.63, 3.8) is 0 Å². The van der Waals surface area contributed by atoms with Crippen LogP contribution in [0, 0.1) is 5.92 Å². The Balaban J connectivity index is 2.81. The normalized spacial score (nSPS) is 15.3. The van der Waals surface area contributed by atoms with Crippen LogP contribution in [-0.4, -0.2) is 23.4 Å². The van der Waals surface area contributed by atoms with Crippen LogP contribution in [0.4, 0.5) is 0 Å². The van der Waals surface area contributed by atoms with Gasteiger partial charge in [-0.05, 0) is 25.3 Å². The summed E-state index contributed by atoms with van der Waals surface area (Å²) >= 11 is 0. The molecule has 0 spiro atoms. The van der Waals surface area contributed by atoms with Crippen molar-refractivity contribution in [2.24, 2.45) is 11.7 Å². The molecule has 3 atom stereocenters. The summed E-state index contributed by atoms with van der Waals surface area (Å²) in [4.78, 5) is 14.8. The summed E-state index contributed by atoms with van der Waals surface area (Å²) in [7, 11) is 0. The van der Waals surface area contributed by atoms with Gasteiger partial charge in [-0.3, -0.25) is 4.79 Å². The predicted octanol–water partition coefficient (Wildman–Crippen LogP) is 3.75. The molecule has 0 radical (unpaired) electrons. The van der Waals surface area contributed by atoms with Gasteiger partial charge in [0.2, 0.25) is 5.91 Å². The van der Waals surface area contributed by atoms with E-state index in [1.165, 1.54) is 0 Å². The number of nitrogens with zero attached hydrogens (tertiary/aromatic N) is 1. The lowest BCUT2D eigenvalue weighted by Crippen LogP contribution is -2.44. The number of hydrogen-bond acceptors (Lipinski definition) is 2. The average molecular weight is 290 g/mol. The van der Waals surface area contributed by atoms with Gasteiger partial charge < -0.3 is 10.6 Å². The zero-order valence-corrected chi connectivity index (χ0v) is 13.9. The Bertz CT molecular complexity index is 418. The second-order valence-corrected chi connectivity index (χ2v) is 5.87. The van der Waals surface area contributed by atoms with Crippen molar-refractivity contribution in [3.8, 4) is 0 Å². The number of benzene rings is 1. The van der Waals surface area contributed by atoms with Gasteiger partial charge in [0.25, 0.3) is 0 Å². The quantitative estimate of drug-likeness (QED) is 0.792. The fraction of sp³-hybridized carbons (Fsp3) is 0.611. The zero-order valence-electron chi connectivity index (χ0n) is 13.9. The van der Waals surface area contributed by atoms with Crippen LogP contribution < -0.4 is 5.73 Å². The summed E-state index contributed by atoms with van der Waals surface area (Å²) < 4.78 is 0. The van der Waals surface area contributed by atoms with Crippen molar-refractivity contribution in [1.82, 2.24) is 4.90 Å². The largest absolute Gasteiger partial charge is 0.340 e. The van der Waals surface area contributed by atoms with Crippen molar-refractivity contribution >= 4 is 5.91 Å². The molecule has 21 heavy (non-hydrogen) atoms. The number of hydrogen-bond donors (Lipinski definition) is 1. The molecule has 0 aliphatic heterocycles. The van der Waals surface area contributed by atoms with Crippen LogP contribution in [0.25, 0.3) is 0 Å². The van der Waals surface area contributed by atoms with Crippen LogP contribution >= 0.6 is 0 Å². The van der Waals surface area contributed by atoms with E-state index in [0.717, 1.165) is 31.4 Å². The van der Waals surface area contributed by atoms with Crippen LogP contribution in [0.1, 0.15) is 58.6 Å². The second-order valence-electron chi connectivity index (χ2n) is 5.87. The van der Waals surface area contributed by atoms with Gasteiger partial charge in [-0.1, -0.05) is 57.5 Å². The molecule has 0 aliphatic rings. The van der Waals surface area contributed by atoms with Gasteiger partial charge in [-0.2, -0.15) is 0 Å². The maximum Gasteiger partial charge on any atom is 0.227 e. The molecule has 3 unspecified atom stereocenters. The van der Waals surface area contributed by atoms with Crippen molar-refractivity contribution in [1.29, 1.82) is 0 Å². The Hall–Kier alpha value is -1.35. The van der Waals surface area contributed by atoms with E-state index in [0.29, 0.717) is 0 Å². The summed E-state index contributed by atoms with van der Waals surface area (Å²) in [5, 5.41) is 0. The number of rotatable bonds is 8. The van der Waals surface area contributed by atoms with Gasteiger partial charge in [0.1, 0.15) is 0 Å². The summed E-state index contributed by atoms with van der Waals surface area (Å²) in [6.45, 7) is 9.17. The highest BCUT2D eigenvalue weighted by Crippen LogP contribution is 2.22. The standard InChI is InChI=1S/C18H30N2O/c1-5-7-13-20(14(3)6-2)18(21)15(4)17(19)16-11-9-8-10-12-16/h8-12,14-15,17H,5-7,13,19H2,1-4H3. The first-order valence-electron chi connectivity index (χ1n) is 8.13. The molecule has 0 fully saturated rings. The third-order valence-corrected chi connectivity index (χ3v) is 4.27. The highest BCUT2D eigenvalue weighted by atomic mass is 16.2. The second kappa shape index (κ2) is 8.83. The summed E-state index contributed by atoms with van der Waals surface area (Å²) in [6.07, 6.45) is 3.12. The van der Waals surface area contributed by atoms with E-state index in [2.05, 4.69) is 20.8 Å². The van der Waals surface area contributed by atoms with Crippen LogP contribution in [0.3, 0.4) is 0 Å². The molecule has 1 aromatic carbocycles. The smallest absolute Gasteiger partial charge is 0.227 e. The van der Waals surface area contributed by atoms with E-state index in [1.54, 1.807) is 0 Å². The average Bonchev–Trinajstić information content (AvgIpc) is 2.53. The summed E-state index contributed by atoms with van der Waals surface area (Å²) in [5.74, 6) is -0.0209. The Labute approximate surface area is 129 Å². The predicted molar refractivity (Wildman–Crippen MR) is 88.9 cm³/mol. The fourth-order valence-electron chi connectivity index (χ4n) is 2.48. The molecular weight excluding hydrogens is 260 g/mol. The van der Waals surface area contributed by atoms with Gasteiger partial charge in [0.15, 0.2) is 0 Å². The van der Waals surface area contributed by atoms with E-state index in [4.69, 9.17) is 5.73 Å². The molecule has 1 amide bonds. The van der Waals surface area contributed by atoms with Gasteiger partial charge in [-0.25, -0.2) is 0 Å². The van der Waals surface area contributed by atoms with Crippen LogP contribution in [-0.2, 0) is 4.79 Å². The first kappa shape index (κ1) is 17.7. The first-order valence-corrected chi connectivity index (χ1v) is 8.13. The van der Waals surface area contributed by atoms with E-state index in [9.17, 15) is 4.79 Å². The van der Waals surface area contributed by atoms with Gasteiger partial charge >= 0.3 is 0 Å². The van der Waals surface area contributed by atoms with Gasteiger partial charge in [0.05, 0.1) is 5.92 Å². The third-order valence-electron chi connectivity index (χ3n) is 4.27. The molecule has 0 heterocycles. The fourth-order valence-corrected chi connectivity index (χ4v) is 2.48. The van der Waals surface area contributed by atoms with Crippen molar-refractivity contribution in [2.45, 2.75) is 59.0 Å². The molecular formula is C18H30N2O. The minimum absolute atomic E-state index is 0.175. The lowest BCUT2D eigenvalue weighted by atomic mass is 9.93. The van der Waals surface area contributed by atoms with Crippen LogP contribution in [0.15, 0.2) is 30.3 Å². The molecule has 0 saturated carbocycles. The minimum atomic E-state index is -0.244. The van der Waals surface area contributed by atoms with E-state index < -0.39 is 0 Å². The Morgan fingerprint density at radius 2 is 1.81 bits per heavy atom. The monoisotopic (exact) mass is 290 g/mol. The Kier molecular flexibility index (Phi) is 7.44. The minimum Gasteiger partial charge on any atom is -0.340 e. The molecule has 2 N–H and O–H groups in total. The number of amides is 1. The Morgan fingerprint density at radius 3 is 2.33 bits per heavy atom. The topological polar surface area (TPSA) is 46.3 Å². The lowest BCUT2D eigenvalue weighted by Gasteiger charge is -2.33. The van der Waals surface area contributed by atoms with E-state index in [1.807, 2.05) is 42.2 Å². The molecule has 1 rings (SSSR count). The summed E-state index contributed by atoms with van der Waals surface area (Å²) in [5.41, 5.74) is 7.33. The zero-order chi connectivity index (χ0) is 15.8. The van der Waals surface area contributed by atoms with Crippen LogP contribution in [0.5, 0.6) is 0 Å². The molecule has 0 aromatic heterocycles. The maximum atomic E-state index is 12.8. The molecule has 3 heteroatoms. The van der Waals surface area contributed by atoms with E-state index >= 15 is 0 Å². The van der Waals surface area contributed by atoms with Crippen molar-refractivity contribution in [2.75, 3.05) is 6.54 Å². The lowest BCUT2D eigenvalue weighted by molar-refractivity contribution is -0.138. The summed E-state index contributed by atoms with van der Waals surface area (Å²) in [6, 6.07) is 9.92. The number of carbonyl (C=O) groups is 1. The molecule has 3 nitrogen and oxygen atoms in total. The molecule has 118 valence electrons. The highest BCUT2D eigenvalue weighted by molar-refractivity contribution is 5.79. The Morgan fingerprint density at radius 1 is 1.19 bits per heavy atom. The van der Waals surface area contributed by atoms with Crippen molar-refractivity contribution in [3.05, 3.63) is 35.9 Å².